The maximum absolute atomic E-state index is 4.54. The van der Waals surface area contributed by atoms with Crippen LogP contribution in [0, 0.1) is 0 Å². The van der Waals surface area contributed by atoms with Crippen molar-refractivity contribution in [3.05, 3.63) is 0 Å². The molecule has 0 saturated carbocycles. The van der Waals surface area contributed by atoms with Crippen LogP contribution in [0.5, 0.6) is 0 Å². The zero-order chi connectivity index (χ0) is 7.78. The fourth-order valence-corrected chi connectivity index (χ4v) is 0.794. The third-order valence-corrected chi connectivity index (χ3v) is 1.36. The summed E-state index contributed by atoms with van der Waals surface area (Å²) in [4.78, 5) is 9.08. The molecule has 0 aromatic rings. The minimum Gasteiger partial charge on any atom is -0.204 e. The van der Waals surface area contributed by atoms with E-state index in [0.29, 0.717) is 13.2 Å². The fraction of sp³-hybridized carbons (Fsp3) is 1.00. The molecule has 5 heteroatoms. The molecule has 0 aromatic carbocycles. The lowest BCUT2D eigenvalue weighted by Crippen LogP contribution is -2.00. The summed E-state index contributed by atoms with van der Waals surface area (Å²) in [6.07, 6.45) is 4.13. The van der Waals surface area contributed by atoms with Crippen LogP contribution in [0.1, 0.15) is 25.7 Å². The molecule has 1 heterocycles. The van der Waals surface area contributed by atoms with E-state index in [1.54, 1.807) is 0 Å². The molecule has 1 aliphatic heterocycles. The predicted octanol–water partition coefficient (Wildman–Crippen LogP) is 1.30. The van der Waals surface area contributed by atoms with Crippen molar-refractivity contribution >= 4 is 0 Å². The summed E-state index contributed by atoms with van der Waals surface area (Å²) in [6.45, 7) is 1.03. The monoisotopic (exact) mass is 164 g/mol. The maximum Gasteiger partial charge on any atom is 0.0855 e. The third-order valence-electron chi connectivity index (χ3n) is 1.36. The molecule has 0 atom stereocenters. The summed E-state index contributed by atoms with van der Waals surface area (Å²) in [6, 6.07) is 0. The Balaban J connectivity index is 2.02. The van der Waals surface area contributed by atoms with Crippen molar-refractivity contribution in [2.24, 2.45) is 0 Å². The molecule has 1 saturated heterocycles. The van der Waals surface area contributed by atoms with Crippen molar-refractivity contribution in [2.75, 3.05) is 13.2 Å². The van der Waals surface area contributed by atoms with Gasteiger partial charge in [0.1, 0.15) is 0 Å². The average Bonchev–Trinajstić information content (AvgIpc) is 2.08. The van der Waals surface area contributed by atoms with Crippen LogP contribution in [0.4, 0.5) is 0 Å². The van der Waals surface area contributed by atoms with Crippen LogP contribution < -0.4 is 0 Å². The van der Waals surface area contributed by atoms with E-state index in [1.807, 2.05) is 0 Å². The predicted molar refractivity (Wildman–Crippen MR) is 33.6 cm³/mol. The van der Waals surface area contributed by atoms with E-state index in [4.69, 9.17) is 0 Å². The first kappa shape index (κ1) is 8.89. The van der Waals surface area contributed by atoms with Gasteiger partial charge in [0.05, 0.1) is 13.2 Å². The Kier molecular flexibility index (Phi) is 5.26. The molecule has 1 fully saturated rings. The molecule has 0 bridgehead atoms. The summed E-state index contributed by atoms with van der Waals surface area (Å²) in [7, 11) is 0. The lowest BCUT2D eigenvalue weighted by atomic mass is 10.2. The van der Waals surface area contributed by atoms with Crippen LogP contribution >= 0.6 is 0 Å². The maximum atomic E-state index is 4.54. The molecule has 5 nitrogen and oxygen atoms in total. The van der Waals surface area contributed by atoms with E-state index < -0.39 is 0 Å². The molecule has 66 valence electrons. The minimum atomic E-state index is 0.517. The zero-order valence-corrected chi connectivity index (χ0v) is 6.28. The summed E-state index contributed by atoms with van der Waals surface area (Å²) < 4.78 is 0. The summed E-state index contributed by atoms with van der Waals surface area (Å²) in [5.41, 5.74) is 0. The molecule has 0 aliphatic carbocycles. The van der Waals surface area contributed by atoms with Crippen molar-refractivity contribution in [3.8, 4) is 0 Å². The quantitative estimate of drug-likeness (QED) is 0.505. The SMILES string of the molecule is C1CCCOOOOOCC1. The number of hydrogen-bond donors (Lipinski definition) is 0. The molecule has 0 spiro atoms. The van der Waals surface area contributed by atoms with Gasteiger partial charge in [0.25, 0.3) is 0 Å². The molecule has 1 rings (SSSR count). The molecule has 0 amide bonds. The van der Waals surface area contributed by atoms with Gasteiger partial charge in [-0.15, -0.1) is 0 Å². The molecule has 0 radical (unpaired) electrons. The topological polar surface area (TPSA) is 46.2 Å². The van der Waals surface area contributed by atoms with E-state index in [2.05, 4.69) is 24.9 Å². The fourth-order valence-electron chi connectivity index (χ4n) is 0.794. The second kappa shape index (κ2) is 6.51. The molecular weight excluding hydrogens is 152 g/mol. The lowest BCUT2D eigenvalue weighted by molar-refractivity contribution is -0.708. The first-order valence-corrected chi connectivity index (χ1v) is 3.74. The van der Waals surface area contributed by atoms with Crippen molar-refractivity contribution < 1.29 is 24.9 Å². The summed E-state index contributed by atoms with van der Waals surface area (Å²) in [5.74, 6) is 0. The highest BCUT2D eigenvalue weighted by atomic mass is 17.8. The Morgan fingerprint density at radius 3 is 1.64 bits per heavy atom. The van der Waals surface area contributed by atoms with Crippen LogP contribution in [0.2, 0.25) is 0 Å². The Morgan fingerprint density at radius 1 is 0.545 bits per heavy atom. The van der Waals surface area contributed by atoms with Gasteiger partial charge in [-0.2, -0.15) is 0 Å². The van der Waals surface area contributed by atoms with E-state index in [0.717, 1.165) is 25.7 Å². The van der Waals surface area contributed by atoms with Crippen molar-refractivity contribution in [3.63, 3.8) is 0 Å². The summed E-state index contributed by atoms with van der Waals surface area (Å²) in [5, 5.41) is 12.3. The van der Waals surface area contributed by atoms with E-state index in [1.165, 1.54) is 0 Å². The normalized spacial score (nSPS) is 24.0. The van der Waals surface area contributed by atoms with Gasteiger partial charge in [0.15, 0.2) is 0 Å². The highest BCUT2D eigenvalue weighted by Crippen LogP contribution is 2.02. The summed E-state index contributed by atoms with van der Waals surface area (Å²) >= 11 is 0. The molecule has 11 heavy (non-hydrogen) atoms. The Bertz CT molecular complexity index is 49.0. The van der Waals surface area contributed by atoms with Gasteiger partial charge in [-0.05, 0) is 28.0 Å². The minimum absolute atomic E-state index is 0.517. The average molecular weight is 164 g/mol. The van der Waals surface area contributed by atoms with E-state index in [9.17, 15) is 0 Å². The van der Waals surface area contributed by atoms with Crippen molar-refractivity contribution in [1.29, 1.82) is 0 Å². The van der Waals surface area contributed by atoms with E-state index in [-0.39, 0.29) is 0 Å². The lowest BCUT2D eigenvalue weighted by Gasteiger charge is -1.98. The molecule has 0 N–H and O–H groups in total. The Labute approximate surface area is 64.8 Å². The van der Waals surface area contributed by atoms with Gasteiger partial charge in [-0.3, -0.25) is 0 Å². The Hall–Kier alpha value is -0.200. The standard InChI is InChI=1S/C6H12O5/c1-2-4-6-8-10-11-9-7-5-3-1/h1-6H2. The van der Waals surface area contributed by atoms with Crippen LogP contribution in [0.15, 0.2) is 0 Å². The van der Waals surface area contributed by atoms with Gasteiger partial charge < -0.3 is 0 Å². The number of rotatable bonds is 0. The van der Waals surface area contributed by atoms with Gasteiger partial charge in [0.2, 0.25) is 0 Å². The second-order valence-corrected chi connectivity index (χ2v) is 2.26. The first-order chi connectivity index (χ1) is 5.50. The van der Waals surface area contributed by atoms with Crippen molar-refractivity contribution in [1.82, 2.24) is 0 Å². The second-order valence-electron chi connectivity index (χ2n) is 2.26. The number of hydrogen-bond acceptors (Lipinski definition) is 5. The van der Waals surface area contributed by atoms with Crippen LogP contribution in [-0.2, 0) is 24.9 Å². The van der Waals surface area contributed by atoms with E-state index >= 15 is 0 Å². The van der Waals surface area contributed by atoms with Crippen molar-refractivity contribution in [2.45, 2.75) is 25.7 Å². The Morgan fingerprint density at radius 2 is 1.09 bits per heavy atom. The van der Waals surface area contributed by atoms with Gasteiger partial charge >= 0.3 is 0 Å². The van der Waals surface area contributed by atoms with Crippen LogP contribution in [-0.4, -0.2) is 13.2 Å². The molecule has 0 unspecified atom stereocenters. The largest absolute Gasteiger partial charge is 0.204 e. The molecular formula is C6H12O5. The molecule has 0 aromatic heterocycles. The smallest absolute Gasteiger partial charge is 0.0855 e. The third kappa shape index (κ3) is 5.11. The highest BCUT2D eigenvalue weighted by molar-refractivity contribution is 4.40. The van der Waals surface area contributed by atoms with Gasteiger partial charge in [-0.25, -0.2) is 9.78 Å². The first-order valence-electron chi connectivity index (χ1n) is 3.74. The molecule has 1 aliphatic rings. The van der Waals surface area contributed by atoms with Gasteiger partial charge in [0, 0.05) is 0 Å². The zero-order valence-electron chi connectivity index (χ0n) is 6.28. The van der Waals surface area contributed by atoms with Crippen LogP contribution in [0.3, 0.4) is 0 Å². The van der Waals surface area contributed by atoms with Crippen LogP contribution in [0.25, 0.3) is 0 Å². The van der Waals surface area contributed by atoms with Gasteiger partial charge in [-0.1, -0.05) is 12.8 Å². The highest BCUT2D eigenvalue weighted by Gasteiger charge is 1.97.